The number of para-hydroxylation sites is 1. The Morgan fingerprint density at radius 2 is 2.00 bits per heavy atom. The normalized spacial score (nSPS) is 21.6. The van der Waals surface area contributed by atoms with Crippen LogP contribution in [-0.4, -0.2) is 31.8 Å². The zero-order valence-electron chi connectivity index (χ0n) is 17.1. The third-order valence-corrected chi connectivity index (χ3v) is 5.94. The summed E-state index contributed by atoms with van der Waals surface area (Å²) in [5.41, 5.74) is 2.40. The van der Waals surface area contributed by atoms with Crippen molar-refractivity contribution in [2.24, 2.45) is 0 Å². The van der Waals surface area contributed by atoms with Gasteiger partial charge in [-0.1, -0.05) is 56.8 Å². The van der Waals surface area contributed by atoms with Gasteiger partial charge in [-0.05, 0) is 35.4 Å². The minimum absolute atomic E-state index is 0.0305. The van der Waals surface area contributed by atoms with Gasteiger partial charge in [-0.15, -0.1) is 0 Å². The van der Waals surface area contributed by atoms with Crippen LogP contribution >= 0.6 is 0 Å². The molecule has 2 aromatic rings. The maximum Gasteiger partial charge on any atom is 0.241 e. The van der Waals surface area contributed by atoms with E-state index in [0.717, 1.165) is 11.3 Å². The molecule has 0 bridgehead atoms. The summed E-state index contributed by atoms with van der Waals surface area (Å²) < 4.78 is 11.1. The van der Waals surface area contributed by atoms with Crippen molar-refractivity contribution in [3.63, 3.8) is 0 Å². The van der Waals surface area contributed by atoms with Crippen LogP contribution in [0.2, 0.25) is 0 Å². The van der Waals surface area contributed by atoms with Gasteiger partial charge in [0, 0.05) is 11.1 Å². The van der Waals surface area contributed by atoms with Gasteiger partial charge >= 0.3 is 0 Å². The number of hydrogen-bond acceptors (Lipinski definition) is 4. The number of methoxy groups -OCH3 is 1. The van der Waals surface area contributed by atoms with Gasteiger partial charge < -0.3 is 19.7 Å². The van der Waals surface area contributed by atoms with E-state index < -0.39 is 5.66 Å². The van der Waals surface area contributed by atoms with E-state index in [1.807, 2.05) is 30.3 Å². The lowest BCUT2D eigenvalue weighted by atomic mass is 9.75. The molecule has 0 radical (unpaired) electrons. The number of benzene rings is 2. The van der Waals surface area contributed by atoms with Crippen molar-refractivity contribution in [2.45, 2.75) is 24.9 Å². The highest BCUT2D eigenvalue weighted by atomic mass is 16.5. The van der Waals surface area contributed by atoms with E-state index in [1.54, 1.807) is 13.2 Å². The van der Waals surface area contributed by atoms with Crippen LogP contribution < -0.4 is 19.7 Å². The van der Waals surface area contributed by atoms with Gasteiger partial charge in [-0.3, -0.25) is 4.79 Å². The molecule has 1 unspecified atom stereocenters. The highest BCUT2D eigenvalue weighted by Gasteiger charge is 2.59. The number of amides is 1. The molecule has 2 aliphatic heterocycles. The summed E-state index contributed by atoms with van der Waals surface area (Å²) in [7, 11) is 1.62. The van der Waals surface area contributed by atoms with Gasteiger partial charge in [0.2, 0.25) is 5.91 Å². The van der Waals surface area contributed by atoms with E-state index in [9.17, 15) is 4.79 Å². The van der Waals surface area contributed by atoms with Crippen molar-refractivity contribution in [3.05, 3.63) is 72.3 Å². The number of carbonyl (C=O) groups excluding carboxylic acids is 1. The van der Waals surface area contributed by atoms with E-state index in [0.29, 0.717) is 24.7 Å². The SMILES string of the molecule is C=CCOc1ccc(C=CC23NC(=O)CN2c2ccccc2C3(C)C)cc1OC. The van der Waals surface area contributed by atoms with Crippen LogP contribution in [0.5, 0.6) is 11.5 Å². The fraction of sp³-hybridized carbons (Fsp3) is 0.292. The highest BCUT2D eigenvalue weighted by Crippen LogP contribution is 2.52. The Morgan fingerprint density at radius 1 is 1.21 bits per heavy atom. The molecule has 1 saturated heterocycles. The zero-order valence-corrected chi connectivity index (χ0v) is 17.1. The quantitative estimate of drug-likeness (QED) is 0.760. The van der Waals surface area contributed by atoms with Crippen LogP contribution in [0.4, 0.5) is 5.69 Å². The summed E-state index contributed by atoms with van der Waals surface area (Å²) in [6.45, 7) is 8.79. The largest absolute Gasteiger partial charge is 0.493 e. The minimum Gasteiger partial charge on any atom is -0.493 e. The summed E-state index contributed by atoms with van der Waals surface area (Å²) in [6.07, 6.45) is 5.83. The van der Waals surface area contributed by atoms with Crippen LogP contribution in [0.25, 0.3) is 6.08 Å². The molecule has 1 atom stereocenters. The fourth-order valence-corrected chi connectivity index (χ4v) is 4.41. The predicted molar refractivity (Wildman–Crippen MR) is 115 cm³/mol. The van der Waals surface area contributed by atoms with E-state index in [-0.39, 0.29) is 11.3 Å². The molecular formula is C24H26N2O3. The molecule has 0 saturated carbocycles. The van der Waals surface area contributed by atoms with Gasteiger partial charge in [0.05, 0.1) is 13.7 Å². The molecule has 0 aliphatic carbocycles. The van der Waals surface area contributed by atoms with Crippen molar-refractivity contribution < 1.29 is 14.3 Å². The fourth-order valence-electron chi connectivity index (χ4n) is 4.41. The summed E-state index contributed by atoms with van der Waals surface area (Å²) in [6, 6.07) is 14.1. The van der Waals surface area contributed by atoms with Crippen molar-refractivity contribution in [1.29, 1.82) is 0 Å². The molecule has 1 amide bonds. The Bertz CT molecular complexity index is 995. The molecular weight excluding hydrogens is 364 g/mol. The number of rotatable bonds is 6. The van der Waals surface area contributed by atoms with E-state index in [1.165, 1.54) is 5.56 Å². The molecule has 29 heavy (non-hydrogen) atoms. The van der Waals surface area contributed by atoms with Crippen molar-refractivity contribution in [3.8, 4) is 11.5 Å². The lowest BCUT2D eigenvalue weighted by Gasteiger charge is -2.40. The van der Waals surface area contributed by atoms with Gasteiger partial charge in [0.1, 0.15) is 12.3 Å². The van der Waals surface area contributed by atoms with Crippen molar-refractivity contribution in [2.75, 3.05) is 25.2 Å². The number of fused-ring (bicyclic) bond motifs is 3. The summed E-state index contributed by atoms with van der Waals surface area (Å²) in [5, 5.41) is 3.24. The molecule has 4 rings (SSSR count). The average molecular weight is 390 g/mol. The number of nitrogens with one attached hydrogen (secondary N) is 1. The number of anilines is 1. The first kappa shape index (κ1) is 19.1. The average Bonchev–Trinajstić information content (AvgIpc) is 3.16. The second kappa shape index (κ2) is 6.99. The lowest BCUT2D eigenvalue weighted by Crippen LogP contribution is -2.58. The van der Waals surface area contributed by atoms with Gasteiger partial charge in [-0.25, -0.2) is 0 Å². The monoisotopic (exact) mass is 390 g/mol. The Hall–Kier alpha value is -3.21. The smallest absolute Gasteiger partial charge is 0.241 e. The van der Waals surface area contributed by atoms with Crippen molar-refractivity contribution in [1.82, 2.24) is 5.32 Å². The van der Waals surface area contributed by atoms with Crippen LogP contribution in [0, 0.1) is 0 Å². The zero-order chi connectivity index (χ0) is 20.6. The highest BCUT2D eigenvalue weighted by molar-refractivity contribution is 5.91. The van der Waals surface area contributed by atoms with Gasteiger partial charge in [-0.2, -0.15) is 0 Å². The standard InChI is InChI=1S/C24H26N2O3/c1-5-14-29-20-11-10-17(15-21(20)28-4)12-13-24-23(2,3)18-8-6-7-9-19(18)26(24)16-22(27)25-24/h5-13,15H,1,14,16H2,2-4H3,(H,25,27). The maximum atomic E-state index is 12.4. The maximum absolute atomic E-state index is 12.4. The van der Waals surface area contributed by atoms with Crippen LogP contribution in [-0.2, 0) is 10.2 Å². The van der Waals surface area contributed by atoms with Gasteiger partial charge in [0.25, 0.3) is 0 Å². The van der Waals surface area contributed by atoms with E-state index >= 15 is 0 Å². The number of hydrogen-bond donors (Lipinski definition) is 1. The van der Waals surface area contributed by atoms with Crippen LogP contribution in [0.3, 0.4) is 0 Å². The first-order valence-electron chi connectivity index (χ1n) is 9.72. The summed E-state index contributed by atoms with van der Waals surface area (Å²) in [4.78, 5) is 14.6. The van der Waals surface area contributed by atoms with Crippen molar-refractivity contribution >= 4 is 17.7 Å². The molecule has 5 nitrogen and oxygen atoms in total. The first-order valence-corrected chi connectivity index (χ1v) is 9.72. The molecule has 5 heteroatoms. The summed E-state index contributed by atoms with van der Waals surface area (Å²) >= 11 is 0. The van der Waals surface area contributed by atoms with Crippen LogP contribution in [0.1, 0.15) is 25.0 Å². The molecule has 2 aromatic carbocycles. The van der Waals surface area contributed by atoms with E-state index in [2.05, 4.69) is 54.9 Å². The second-order valence-electron chi connectivity index (χ2n) is 7.89. The number of carbonyl (C=O) groups is 1. The molecule has 2 aliphatic rings. The Balaban J connectivity index is 1.72. The minimum atomic E-state index is -0.612. The lowest BCUT2D eigenvalue weighted by molar-refractivity contribution is -0.118. The summed E-state index contributed by atoms with van der Waals surface area (Å²) in [5.74, 6) is 1.36. The topological polar surface area (TPSA) is 50.8 Å². The molecule has 1 N–H and O–H groups in total. The second-order valence-corrected chi connectivity index (χ2v) is 7.89. The molecule has 2 heterocycles. The number of ether oxygens (including phenoxy) is 2. The molecule has 150 valence electrons. The third-order valence-electron chi connectivity index (χ3n) is 5.94. The molecule has 1 fully saturated rings. The van der Waals surface area contributed by atoms with E-state index in [4.69, 9.17) is 9.47 Å². The molecule has 0 spiro atoms. The Labute approximate surface area is 171 Å². The Kier molecular flexibility index (Phi) is 4.61. The van der Waals surface area contributed by atoms with Crippen LogP contribution in [0.15, 0.2) is 61.2 Å². The first-order chi connectivity index (χ1) is 13.9. The number of nitrogens with zero attached hydrogens (tertiary/aromatic N) is 1. The predicted octanol–water partition coefficient (Wildman–Crippen LogP) is 3.90. The van der Waals surface area contributed by atoms with Gasteiger partial charge in [0.15, 0.2) is 11.5 Å². The third kappa shape index (κ3) is 2.89. The Morgan fingerprint density at radius 3 is 2.76 bits per heavy atom. The molecule has 0 aromatic heterocycles.